The summed E-state index contributed by atoms with van der Waals surface area (Å²) in [7, 11) is 0. The molecule has 0 atom stereocenters. The van der Waals surface area contributed by atoms with Gasteiger partial charge in [-0.2, -0.15) is 0 Å². The largest absolute Gasteiger partial charge is 0.423 e. The van der Waals surface area contributed by atoms with E-state index in [1.165, 1.54) is 0 Å². The number of nitrogens with zero attached hydrogens (tertiary/aromatic N) is 1. The topological polar surface area (TPSA) is 58.6 Å². The summed E-state index contributed by atoms with van der Waals surface area (Å²) < 4.78 is 5.23. The van der Waals surface area contributed by atoms with E-state index < -0.39 is 5.97 Å². The summed E-state index contributed by atoms with van der Waals surface area (Å²) in [6.07, 6.45) is 0. The molecule has 1 amide bonds. The number of halogens is 2. The summed E-state index contributed by atoms with van der Waals surface area (Å²) in [6.45, 7) is 1.94. The monoisotopic (exact) mass is 364 g/mol. The van der Waals surface area contributed by atoms with Gasteiger partial charge in [0.05, 0.1) is 22.3 Å². The molecule has 0 bridgehead atoms. The quantitative estimate of drug-likeness (QED) is 0.666. The van der Waals surface area contributed by atoms with Crippen LogP contribution in [-0.4, -0.2) is 25.0 Å². The van der Waals surface area contributed by atoms with Crippen LogP contribution < -0.4 is 15.0 Å². The van der Waals surface area contributed by atoms with Gasteiger partial charge in [0, 0.05) is 5.69 Å². The third-order valence-electron chi connectivity index (χ3n) is 3.54. The predicted molar refractivity (Wildman–Crippen MR) is 94.1 cm³/mol. The van der Waals surface area contributed by atoms with Crippen molar-refractivity contribution in [3.05, 3.63) is 52.0 Å². The molecule has 2 aromatic rings. The number of amides is 1. The zero-order valence-electron chi connectivity index (χ0n) is 12.8. The van der Waals surface area contributed by atoms with Gasteiger partial charge in [0.25, 0.3) is 0 Å². The number of nitrogens with one attached hydrogen (secondary N) is 1. The minimum atomic E-state index is -0.393. The summed E-state index contributed by atoms with van der Waals surface area (Å²) in [5, 5.41) is 3.51. The molecule has 0 aromatic heterocycles. The van der Waals surface area contributed by atoms with E-state index in [9.17, 15) is 9.59 Å². The molecule has 0 radical (unpaired) electrons. The van der Waals surface area contributed by atoms with Crippen LogP contribution in [0.25, 0.3) is 0 Å². The molecule has 0 unspecified atom stereocenters. The molecule has 3 rings (SSSR count). The van der Waals surface area contributed by atoms with Gasteiger partial charge in [0.2, 0.25) is 5.91 Å². The van der Waals surface area contributed by atoms with Crippen LogP contribution in [0.1, 0.15) is 5.56 Å². The second kappa shape index (κ2) is 6.71. The first-order valence-electron chi connectivity index (χ1n) is 7.23. The number of fused-ring (bicyclic) bond motifs is 1. The van der Waals surface area contributed by atoms with Gasteiger partial charge in [-0.3, -0.25) is 4.79 Å². The van der Waals surface area contributed by atoms with E-state index >= 15 is 0 Å². The van der Waals surface area contributed by atoms with Gasteiger partial charge in [-0.05, 0) is 42.8 Å². The molecule has 0 saturated heterocycles. The summed E-state index contributed by atoms with van der Waals surface area (Å²) >= 11 is 11.8. The normalized spacial score (nSPS) is 13.3. The molecule has 1 aliphatic rings. The standard InChI is InChI=1S/C17H14Cl2N2O3/c1-10-2-5-14-15(6-10)24-17(23)9-21(14)8-16(22)20-11-3-4-12(18)13(19)7-11/h2-7H,8-9H2,1H3,(H,20,22). The maximum Gasteiger partial charge on any atom is 0.331 e. The summed E-state index contributed by atoms with van der Waals surface area (Å²) in [5.74, 6) is -0.196. The molecule has 0 spiro atoms. The fourth-order valence-corrected chi connectivity index (χ4v) is 2.75. The van der Waals surface area contributed by atoms with Gasteiger partial charge in [-0.25, -0.2) is 4.79 Å². The smallest absolute Gasteiger partial charge is 0.331 e. The minimum absolute atomic E-state index is 0.0187. The van der Waals surface area contributed by atoms with E-state index in [0.29, 0.717) is 27.2 Å². The first-order chi connectivity index (χ1) is 11.4. The molecule has 0 saturated carbocycles. The number of esters is 1. The number of benzene rings is 2. The maximum absolute atomic E-state index is 12.3. The van der Waals surface area contributed by atoms with Crippen LogP contribution in [0.3, 0.4) is 0 Å². The van der Waals surface area contributed by atoms with Gasteiger partial charge in [0.15, 0.2) is 5.75 Å². The molecule has 1 aliphatic heterocycles. The molecule has 7 heteroatoms. The number of aryl methyl sites for hydroxylation is 1. The van der Waals surface area contributed by atoms with Gasteiger partial charge >= 0.3 is 5.97 Å². The van der Waals surface area contributed by atoms with Crippen molar-refractivity contribution in [3.8, 4) is 5.75 Å². The fraction of sp³-hybridized carbons (Fsp3) is 0.176. The van der Waals surface area contributed by atoms with Crippen molar-refractivity contribution < 1.29 is 14.3 Å². The van der Waals surface area contributed by atoms with Gasteiger partial charge in [0.1, 0.15) is 6.54 Å². The second-order valence-corrected chi connectivity index (χ2v) is 6.29. The molecular formula is C17H14Cl2N2O3. The van der Waals surface area contributed by atoms with Crippen molar-refractivity contribution in [2.24, 2.45) is 0 Å². The van der Waals surface area contributed by atoms with Crippen LogP contribution in [0.4, 0.5) is 11.4 Å². The predicted octanol–water partition coefficient (Wildman–Crippen LogP) is 3.67. The Hall–Kier alpha value is -2.24. The summed E-state index contributed by atoms with van der Waals surface area (Å²) in [4.78, 5) is 25.7. The Bertz CT molecular complexity index is 823. The van der Waals surface area contributed by atoms with Crippen LogP contribution >= 0.6 is 23.2 Å². The van der Waals surface area contributed by atoms with Crippen molar-refractivity contribution in [2.75, 3.05) is 23.3 Å². The number of carbonyl (C=O) groups excluding carboxylic acids is 2. The van der Waals surface area contributed by atoms with Crippen molar-refractivity contribution in [3.63, 3.8) is 0 Å². The van der Waals surface area contributed by atoms with Crippen LogP contribution in [0.2, 0.25) is 10.0 Å². The third kappa shape index (κ3) is 3.63. The van der Waals surface area contributed by atoms with E-state index in [2.05, 4.69) is 5.32 Å². The van der Waals surface area contributed by atoms with Crippen LogP contribution in [0.15, 0.2) is 36.4 Å². The number of anilines is 2. The molecule has 2 aromatic carbocycles. The highest BCUT2D eigenvalue weighted by atomic mass is 35.5. The van der Waals surface area contributed by atoms with Crippen LogP contribution in [0, 0.1) is 6.92 Å². The Kier molecular flexibility index (Phi) is 4.64. The highest BCUT2D eigenvalue weighted by Gasteiger charge is 2.25. The molecule has 0 fully saturated rings. The molecule has 5 nitrogen and oxygen atoms in total. The number of ether oxygens (including phenoxy) is 1. The Balaban J connectivity index is 1.75. The first kappa shape index (κ1) is 16.6. The van der Waals surface area contributed by atoms with Gasteiger partial charge in [-0.15, -0.1) is 0 Å². The van der Waals surface area contributed by atoms with E-state index in [-0.39, 0.29) is 19.0 Å². The molecule has 1 heterocycles. The lowest BCUT2D eigenvalue weighted by Gasteiger charge is -2.29. The number of hydrogen-bond donors (Lipinski definition) is 1. The number of rotatable bonds is 3. The van der Waals surface area contributed by atoms with Crippen LogP contribution in [0.5, 0.6) is 5.75 Å². The average molecular weight is 365 g/mol. The highest BCUT2D eigenvalue weighted by Crippen LogP contribution is 2.32. The molecule has 0 aliphatic carbocycles. The summed E-state index contributed by atoms with van der Waals surface area (Å²) in [6, 6.07) is 10.4. The lowest BCUT2D eigenvalue weighted by molar-refractivity contribution is -0.133. The Morgan fingerprint density at radius 1 is 1.21 bits per heavy atom. The summed E-state index contributed by atoms with van der Waals surface area (Å²) in [5.41, 5.74) is 2.23. The molecule has 124 valence electrons. The lowest BCUT2D eigenvalue weighted by atomic mass is 10.1. The number of hydrogen-bond acceptors (Lipinski definition) is 4. The van der Waals surface area contributed by atoms with Crippen molar-refractivity contribution >= 4 is 46.5 Å². The first-order valence-corrected chi connectivity index (χ1v) is 7.99. The lowest BCUT2D eigenvalue weighted by Crippen LogP contribution is -2.41. The van der Waals surface area contributed by atoms with Crippen molar-refractivity contribution in [2.45, 2.75) is 6.92 Å². The van der Waals surface area contributed by atoms with Gasteiger partial charge in [-0.1, -0.05) is 29.3 Å². The number of carbonyl (C=O) groups is 2. The Labute approximate surface area is 149 Å². The Morgan fingerprint density at radius 3 is 2.75 bits per heavy atom. The van der Waals surface area contributed by atoms with E-state index in [1.54, 1.807) is 29.2 Å². The Morgan fingerprint density at radius 2 is 2.00 bits per heavy atom. The van der Waals surface area contributed by atoms with E-state index in [0.717, 1.165) is 5.56 Å². The van der Waals surface area contributed by atoms with Crippen LogP contribution in [-0.2, 0) is 9.59 Å². The van der Waals surface area contributed by atoms with Crippen molar-refractivity contribution in [1.82, 2.24) is 0 Å². The minimum Gasteiger partial charge on any atom is -0.423 e. The SMILES string of the molecule is Cc1ccc2c(c1)OC(=O)CN2CC(=O)Nc1ccc(Cl)c(Cl)c1. The van der Waals surface area contributed by atoms with E-state index in [4.69, 9.17) is 27.9 Å². The van der Waals surface area contributed by atoms with Crippen molar-refractivity contribution in [1.29, 1.82) is 0 Å². The highest BCUT2D eigenvalue weighted by molar-refractivity contribution is 6.42. The van der Waals surface area contributed by atoms with E-state index in [1.807, 2.05) is 19.1 Å². The second-order valence-electron chi connectivity index (χ2n) is 5.48. The molecule has 1 N–H and O–H groups in total. The third-order valence-corrected chi connectivity index (χ3v) is 4.28. The zero-order chi connectivity index (χ0) is 17.3. The fourth-order valence-electron chi connectivity index (χ4n) is 2.45. The average Bonchev–Trinajstić information content (AvgIpc) is 2.50. The maximum atomic E-state index is 12.3. The molecular weight excluding hydrogens is 351 g/mol. The molecule has 24 heavy (non-hydrogen) atoms. The zero-order valence-corrected chi connectivity index (χ0v) is 14.3. The van der Waals surface area contributed by atoms with Gasteiger partial charge < -0.3 is 15.0 Å².